The number of anilines is 2. The highest BCUT2D eigenvalue weighted by molar-refractivity contribution is 9.10. The van der Waals surface area contributed by atoms with Gasteiger partial charge in [-0.25, -0.2) is 14.5 Å². The molecule has 1 aliphatic heterocycles. The van der Waals surface area contributed by atoms with Gasteiger partial charge in [0.15, 0.2) is 5.82 Å². The molecule has 3 aromatic rings. The van der Waals surface area contributed by atoms with Crippen molar-refractivity contribution in [2.75, 3.05) is 11.1 Å². The minimum Gasteiger partial charge on any atom is -0.382 e. The predicted molar refractivity (Wildman–Crippen MR) is 118 cm³/mol. The number of amides is 2. The molecule has 3 atom stereocenters. The molecule has 3 N–H and O–H groups in total. The Hall–Kier alpha value is -3.01. The predicted octanol–water partition coefficient (Wildman–Crippen LogP) is 2.42. The van der Waals surface area contributed by atoms with E-state index >= 15 is 0 Å². The normalized spacial score (nSPS) is 24.6. The summed E-state index contributed by atoms with van der Waals surface area (Å²) in [7, 11) is 0. The summed E-state index contributed by atoms with van der Waals surface area (Å²) in [5, 5.41) is 7.10. The van der Waals surface area contributed by atoms with E-state index in [1.807, 2.05) is 6.07 Å². The second-order valence-corrected chi connectivity index (χ2v) is 9.32. The lowest BCUT2D eigenvalue weighted by Crippen LogP contribution is -2.52. The number of hydrogen-bond acceptors (Lipinski definition) is 6. The van der Waals surface area contributed by atoms with Crippen molar-refractivity contribution in [3.8, 4) is 0 Å². The number of carbonyl (C=O) groups excluding carboxylic acids is 2. The van der Waals surface area contributed by atoms with Crippen molar-refractivity contribution in [3.05, 3.63) is 47.0 Å². The van der Waals surface area contributed by atoms with Gasteiger partial charge in [0.1, 0.15) is 28.3 Å². The van der Waals surface area contributed by atoms with Gasteiger partial charge >= 0.3 is 0 Å². The van der Waals surface area contributed by atoms with Gasteiger partial charge < -0.3 is 16.0 Å². The minimum atomic E-state index is -0.531. The van der Waals surface area contributed by atoms with E-state index in [1.54, 1.807) is 33.7 Å². The number of nitrogens with two attached hydrogens (primary N) is 1. The van der Waals surface area contributed by atoms with Crippen molar-refractivity contribution in [2.24, 2.45) is 5.41 Å². The second-order valence-electron chi connectivity index (χ2n) is 8.51. The number of aromatic nitrogens is 4. The molecule has 9 nitrogen and oxygen atoms in total. The molecule has 31 heavy (non-hydrogen) atoms. The number of hydrogen-bond donors (Lipinski definition) is 2. The molecule has 10 heteroatoms. The zero-order valence-electron chi connectivity index (χ0n) is 17.0. The zero-order chi connectivity index (χ0) is 21.8. The van der Waals surface area contributed by atoms with Crippen LogP contribution in [0.25, 0.3) is 5.52 Å². The Bertz CT molecular complexity index is 1200. The van der Waals surface area contributed by atoms with Gasteiger partial charge in [-0.1, -0.05) is 13.0 Å². The summed E-state index contributed by atoms with van der Waals surface area (Å²) in [5.74, 6) is 0.523. The number of likely N-dealkylation sites (tertiary alicyclic amines) is 1. The van der Waals surface area contributed by atoms with E-state index in [0.717, 1.165) is 18.5 Å². The van der Waals surface area contributed by atoms with Crippen molar-refractivity contribution < 1.29 is 9.59 Å². The molecule has 0 bridgehead atoms. The van der Waals surface area contributed by atoms with Gasteiger partial charge in [0.25, 0.3) is 0 Å². The average Bonchev–Trinajstić information content (AvgIpc) is 3.21. The first-order chi connectivity index (χ1) is 14.9. The summed E-state index contributed by atoms with van der Waals surface area (Å²) in [6, 6.07) is 8.50. The number of nitrogens with one attached hydrogen (secondary N) is 1. The second kappa shape index (κ2) is 7.30. The van der Waals surface area contributed by atoms with Crippen molar-refractivity contribution in [1.29, 1.82) is 0 Å². The third-order valence-corrected chi connectivity index (χ3v) is 7.02. The van der Waals surface area contributed by atoms with Crippen LogP contribution in [0.5, 0.6) is 0 Å². The fourth-order valence-corrected chi connectivity index (χ4v) is 5.22. The third-order valence-electron chi connectivity index (χ3n) is 6.57. The summed E-state index contributed by atoms with van der Waals surface area (Å²) in [6.07, 6.45) is 4.07. The molecule has 4 heterocycles. The SMILES string of the molecule is C[C@]12CC[C@H]1N(C(=O)Cc1ccc3c(N)ncnn13)[C@H](C(=O)Nc1cccc(Br)n1)C2. The Kier molecular flexibility index (Phi) is 4.69. The molecule has 0 radical (unpaired) electrons. The fraction of sp³-hybridized carbons (Fsp3) is 0.381. The van der Waals surface area contributed by atoms with Gasteiger partial charge in [-0.3, -0.25) is 9.59 Å². The van der Waals surface area contributed by atoms with Crippen molar-refractivity contribution in [3.63, 3.8) is 0 Å². The Morgan fingerprint density at radius 1 is 1.32 bits per heavy atom. The quantitative estimate of drug-likeness (QED) is 0.550. The van der Waals surface area contributed by atoms with Gasteiger partial charge in [0.05, 0.1) is 12.1 Å². The Labute approximate surface area is 187 Å². The van der Waals surface area contributed by atoms with Crippen LogP contribution in [0, 0.1) is 5.41 Å². The van der Waals surface area contributed by atoms with Crippen LogP contribution in [0.15, 0.2) is 41.3 Å². The number of rotatable bonds is 4. The van der Waals surface area contributed by atoms with Crippen molar-refractivity contribution in [2.45, 2.75) is 44.7 Å². The van der Waals surface area contributed by atoms with Crippen molar-refractivity contribution >= 4 is 44.9 Å². The molecule has 0 spiro atoms. The first-order valence-electron chi connectivity index (χ1n) is 10.2. The molecule has 5 rings (SSSR count). The number of carbonyl (C=O) groups is 2. The molecule has 3 aromatic heterocycles. The molecular weight excluding hydrogens is 462 g/mol. The molecule has 0 unspecified atom stereocenters. The Morgan fingerprint density at radius 3 is 2.90 bits per heavy atom. The third kappa shape index (κ3) is 3.34. The van der Waals surface area contributed by atoms with E-state index in [2.05, 4.69) is 43.2 Å². The summed E-state index contributed by atoms with van der Waals surface area (Å²) < 4.78 is 2.27. The molecular formula is C21H22BrN7O2. The molecule has 2 fully saturated rings. The summed E-state index contributed by atoms with van der Waals surface area (Å²) in [6.45, 7) is 2.16. The molecule has 1 saturated heterocycles. The maximum absolute atomic E-state index is 13.4. The highest BCUT2D eigenvalue weighted by Gasteiger charge is 2.58. The van der Waals surface area contributed by atoms with E-state index in [0.29, 0.717) is 28.2 Å². The molecule has 2 aliphatic rings. The molecule has 1 aliphatic carbocycles. The van der Waals surface area contributed by atoms with Gasteiger partial charge in [-0.15, -0.1) is 0 Å². The average molecular weight is 484 g/mol. The van der Waals surface area contributed by atoms with E-state index in [4.69, 9.17) is 5.73 Å². The van der Waals surface area contributed by atoms with Gasteiger partial charge in [0, 0.05) is 6.04 Å². The lowest BCUT2D eigenvalue weighted by molar-refractivity contribution is -0.140. The number of nitrogens with zero attached hydrogens (tertiary/aromatic N) is 5. The minimum absolute atomic E-state index is 0.0316. The van der Waals surface area contributed by atoms with Crippen LogP contribution < -0.4 is 11.1 Å². The summed E-state index contributed by atoms with van der Waals surface area (Å²) in [5.41, 5.74) is 7.25. The van der Waals surface area contributed by atoms with Crippen LogP contribution in [0.2, 0.25) is 0 Å². The number of nitrogen functional groups attached to an aromatic ring is 1. The topological polar surface area (TPSA) is 119 Å². The van der Waals surface area contributed by atoms with E-state index in [-0.39, 0.29) is 29.7 Å². The lowest BCUT2D eigenvalue weighted by atomic mass is 9.66. The first-order valence-corrected chi connectivity index (χ1v) is 11.0. The van der Waals surface area contributed by atoms with E-state index in [1.165, 1.54) is 6.33 Å². The number of fused-ring (bicyclic) bond motifs is 2. The monoisotopic (exact) mass is 483 g/mol. The van der Waals surface area contributed by atoms with Crippen LogP contribution in [0.4, 0.5) is 11.6 Å². The maximum atomic E-state index is 13.4. The highest BCUT2D eigenvalue weighted by atomic mass is 79.9. The standard InChI is InChI=1S/C21H22BrN7O2/c1-21-8-7-15(21)28(14(10-21)20(31)27-17-4-2-3-16(22)26-17)18(30)9-12-5-6-13-19(23)24-11-25-29(12)13/h2-6,11,14-15H,7-10H2,1H3,(H2,23,24,25)(H,26,27,31)/t14-,15+,21+/m0/s1. The van der Waals surface area contributed by atoms with Gasteiger partial charge in [0.2, 0.25) is 11.8 Å². The highest BCUT2D eigenvalue weighted by Crippen LogP contribution is 2.54. The Morgan fingerprint density at radius 2 is 2.16 bits per heavy atom. The summed E-state index contributed by atoms with van der Waals surface area (Å²) in [4.78, 5) is 36.6. The largest absolute Gasteiger partial charge is 0.382 e. The molecule has 1 saturated carbocycles. The molecule has 0 aromatic carbocycles. The number of halogens is 1. The van der Waals surface area contributed by atoms with Crippen LogP contribution in [0.3, 0.4) is 0 Å². The van der Waals surface area contributed by atoms with Crippen LogP contribution in [-0.2, 0) is 16.0 Å². The first kappa shape index (κ1) is 19.9. The van der Waals surface area contributed by atoms with Crippen LogP contribution >= 0.6 is 15.9 Å². The number of pyridine rings is 1. The van der Waals surface area contributed by atoms with Crippen molar-refractivity contribution in [1.82, 2.24) is 24.5 Å². The van der Waals surface area contributed by atoms with Gasteiger partial charge in [-0.2, -0.15) is 5.10 Å². The molecule has 2 amide bonds. The lowest BCUT2D eigenvalue weighted by Gasteiger charge is -2.44. The Balaban J connectivity index is 1.40. The smallest absolute Gasteiger partial charge is 0.248 e. The summed E-state index contributed by atoms with van der Waals surface area (Å²) >= 11 is 3.32. The van der Waals surface area contributed by atoms with Crippen LogP contribution in [-0.4, -0.2) is 48.4 Å². The van der Waals surface area contributed by atoms with Gasteiger partial charge in [-0.05, 0) is 64.9 Å². The van der Waals surface area contributed by atoms with Crippen LogP contribution in [0.1, 0.15) is 31.9 Å². The zero-order valence-corrected chi connectivity index (χ0v) is 18.5. The fourth-order valence-electron chi connectivity index (χ4n) is 4.88. The van der Waals surface area contributed by atoms with E-state index in [9.17, 15) is 9.59 Å². The maximum Gasteiger partial charge on any atom is 0.248 e. The van der Waals surface area contributed by atoms with E-state index < -0.39 is 6.04 Å². The molecule has 160 valence electrons.